The number of allylic oxidation sites excluding steroid dienone is 1. The van der Waals surface area contributed by atoms with Crippen LogP contribution in [0.4, 0.5) is 0 Å². The van der Waals surface area contributed by atoms with Gasteiger partial charge in [-0.15, -0.1) is 6.58 Å². The van der Waals surface area contributed by atoms with E-state index >= 15 is 0 Å². The van der Waals surface area contributed by atoms with Gasteiger partial charge in [0.2, 0.25) is 0 Å². The van der Waals surface area contributed by atoms with Gasteiger partial charge in [0.25, 0.3) is 0 Å². The maximum absolute atomic E-state index is 3.97. The molecule has 14 heavy (non-hydrogen) atoms. The minimum absolute atomic E-state index is 0.167. The molecule has 0 radical (unpaired) electrons. The van der Waals surface area contributed by atoms with Gasteiger partial charge in [0.05, 0.1) is 0 Å². The normalized spacial score (nSPS) is 14.6. The molecule has 0 nitrogen and oxygen atoms in total. The Kier molecular flexibility index (Phi) is 3.65. The van der Waals surface area contributed by atoms with Crippen LogP contribution >= 0.6 is 0 Å². The molecule has 0 spiro atoms. The van der Waals surface area contributed by atoms with Gasteiger partial charge in [-0.3, -0.25) is 0 Å². The highest BCUT2D eigenvalue weighted by Gasteiger charge is 2.47. The standard InChI is InChI=1S/C14H28/c1-10-12(4,5)14(8,9)13(6,7)11(2)3/h10-11H,1H2,2-9H3. The van der Waals surface area contributed by atoms with Crippen LogP contribution in [0.25, 0.3) is 0 Å². The van der Waals surface area contributed by atoms with Gasteiger partial charge in [-0.25, -0.2) is 0 Å². The van der Waals surface area contributed by atoms with Crippen molar-refractivity contribution in [1.29, 1.82) is 0 Å². The first kappa shape index (κ1) is 13.7. The van der Waals surface area contributed by atoms with Crippen LogP contribution in [-0.2, 0) is 0 Å². The Morgan fingerprint density at radius 3 is 1.50 bits per heavy atom. The highest BCUT2D eigenvalue weighted by atomic mass is 14.5. The third-order valence-corrected chi connectivity index (χ3v) is 5.18. The highest BCUT2D eigenvalue weighted by Crippen LogP contribution is 2.54. The van der Waals surface area contributed by atoms with Crippen molar-refractivity contribution in [2.45, 2.75) is 55.4 Å². The van der Waals surface area contributed by atoms with Gasteiger partial charge in [0.1, 0.15) is 0 Å². The molecule has 0 heterocycles. The first-order valence-corrected chi connectivity index (χ1v) is 5.64. The molecule has 0 rings (SSSR count). The van der Waals surface area contributed by atoms with Crippen LogP contribution in [0.1, 0.15) is 55.4 Å². The Balaban J connectivity index is 5.24. The van der Waals surface area contributed by atoms with Crippen molar-refractivity contribution in [3.8, 4) is 0 Å². The predicted octanol–water partition coefficient (Wildman–Crippen LogP) is 4.91. The maximum Gasteiger partial charge on any atom is -0.0121 e. The first-order chi connectivity index (χ1) is 6.00. The van der Waals surface area contributed by atoms with Gasteiger partial charge in [-0.1, -0.05) is 61.5 Å². The second-order valence-electron chi connectivity index (χ2n) is 6.43. The monoisotopic (exact) mass is 196 g/mol. The average molecular weight is 196 g/mol. The molecular formula is C14H28. The third kappa shape index (κ3) is 1.89. The van der Waals surface area contributed by atoms with Gasteiger partial charge in [0, 0.05) is 0 Å². The fourth-order valence-electron chi connectivity index (χ4n) is 1.81. The van der Waals surface area contributed by atoms with Crippen molar-refractivity contribution < 1.29 is 0 Å². The van der Waals surface area contributed by atoms with E-state index in [4.69, 9.17) is 0 Å². The molecule has 84 valence electrons. The molecule has 0 aromatic heterocycles. The number of hydrogen-bond acceptors (Lipinski definition) is 0. The topological polar surface area (TPSA) is 0 Å². The minimum Gasteiger partial charge on any atom is -0.103 e. The Morgan fingerprint density at radius 1 is 0.929 bits per heavy atom. The summed E-state index contributed by atoms with van der Waals surface area (Å²) in [6, 6.07) is 0. The average Bonchev–Trinajstić information content (AvgIpc) is 2.03. The second kappa shape index (κ2) is 3.72. The van der Waals surface area contributed by atoms with E-state index in [9.17, 15) is 0 Å². The lowest BCUT2D eigenvalue weighted by Gasteiger charge is -2.53. The quantitative estimate of drug-likeness (QED) is 0.561. The molecule has 0 heteroatoms. The molecular weight excluding hydrogens is 168 g/mol. The highest BCUT2D eigenvalue weighted by molar-refractivity contribution is 5.04. The summed E-state index contributed by atoms with van der Waals surface area (Å²) in [6.45, 7) is 22.6. The maximum atomic E-state index is 3.97. The predicted molar refractivity (Wildman–Crippen MR) is 66.4 cm³/mol. The van der Waals surface area contributed by atoms with Crippen LogP contribution < -0.4 is 0 Å². The van der Waals surface area contributed by atoms with Crippen LogP contribution in [-0.4, -0.2) is 0 Å². The zero-order valence-electron chi connectivity index (χ0n) is 11.4. The molecule has 0 aliphatic heterocycles. The van der Waals surface area contributed by atoms with E-state index in [1.165, 1.54) is 0 Å². The number of rotatable bonds is 4. The third-order valence-electron chi connectivity index (χ3n) is 5.18. The van der Waals surface area contributed by atoms with Crippen LogP contribution in [0.3, 0.4) is 0 Å². The molecule has 0 aromatic carbocycles. The fraction of sp³-hybridized carbons (Fsp3) is 0.857. The lowest BCUT2D eigenvalue weighted by Crippen LogP contribution is -2.46. The van der Waals surface area contributed by atoms with Crippen LogP contribution in [0.2, 0.25) is 0 Å². The molecule has 0 aromatic rings. The van der Waals surface area contributed by atoms with Crippen molar-refractivity contribution in [3.63, 3.8) is 0 Å². The molecule has 0 aliphatic rings. The molecule has 0 N–H and O–H groups in total. The van der Waals surface area contributed by atoms with Crippen LogP contribution in [0.15, 0.2) is 12.7 Å². The summed E-state index contributed by atoms with van der Waals surface area (Å²) in [6.07, 6.45) is 2.09. The first-order valence-electron chi connectivity index (χ1n) is 5.64. The van der Waals surface area contributed by atoms with E-state index in [2.05, 4.69) is 68.0 Å². The summed E-state index contributed by atoms with van der Waals surface area (Å²) < 4.78 is 0. The Morgan fingerprint density at radius 2 is 1.29 bits per heavy atom. The Labute approximate surface area is 90.8 Å². The van der Waals surface area contributed by atoms with Crippen molar-refractivity contribution in [2.75, 3.05) is 0 Å². The largest absolute Gasteiger partial charge is 0.103 e. The van der Waals surface area contributed by atoms with Gasteiger partial charge in [-0.2, -0.15) is 0 Å². The molecule has 0 saturated carbocycles. The zero-order chi connectivity index (χ0) is 11.8. The summed E-state index contributed by atoms with van der Waals surface area (Å²) in [5.41, 5.74) is 0.724. The SMILES string of the molecule is C=CC(C)(C)C(C)(C)C(C)(C)C(C)C. The summed E-state index contributed by atoms with van der Waals surface area (Å²) in [5.74, 6) is 0.678. The zero-order valence-corrected chi connectivity index (χ0v) is 11.4. The van der Waals surface area contributed by atoms with Crippen molar-refractivity contribution >= 4 is 0 Å². The van der Waals surface area contributed by atoms with Gasteiger partial charge < -0.3 is 0 Å². The lowest BCUT2D eigenvalue weighted by atomic mass is 9.52. The van der Waals surface area contributed by atoms with Crippen molar-refractivity contribution in [1.82, 2.24) is 0 Å². The van der Waals surface area contributed by atoms with Gasteiger partial charge in [-0.05, 0) is 22.2 Å². The molecule has 0 fully saturated rings. The summed E-state index contributed by atoms with van der Waals surface area (Å²) in [7, 11) is 0. The summed E-state index contributed by atoms with van der Waals surface area (Å²) in [5, 5.41) is 0. The van der Waals surface area contributed by atoms with Gasteiger partial charge in [0.15, 0.2) is 0 Å². The second-order valence-corrected chi connectivity index (χ2v) is 6.43. The van der Waals surface area contributed by atoms with E-state index in [0.29, 0.717) is 11.3 Å². The number of hydrogen-bond donors (Lipinski definition) is 0. The van der Waals surface area contributed by atoms with Gasteiger partial charge >= 0.3 is 0 Å². The molecule has 0 aliphatic carbocycles. The van der Waals surface area contributed by atoms with Crippen LogP contribution in [0.5, 0.6) is 0 Å². The molecule has 0 unspecified atom stereocenters. The molecule has 0 amide bonds. The molecule has 0 bridgehead atoms. The van der Waals surface area contributed by atoms with E-state index < -0.39 is 0 Å². The van der Waals surface area contributed by atoms with Crippen molar-refractivity contribution in [2.24, 2.45) is 22.2 Å². The Bertz CT molecular complexity index is 204. The van der Waals surface area contributed by atoms with Crippen molar-refractivity contribution in [3.05, 3.63) is 12.7 Å². The van der Waals surface area contributed by atoms with E-state index in [-0.39, 0.29) is 10.8 Å². The van der Waals surface area contributed by atoms with Crippen LogP contribution in [0, 0.1) is 22.2 Å². The van der Waals surface area contributed by atoms with E-state index in [1.54, 1.807) is 0 Å². The molecule has 0 atom stereocenters. The Hall–Kier alpha value is -0.260. The smallest absolute Gasteiger partial charge is 0.0121 e. The summed E-state index contributed by atoms with van der Waals surface area (Å²) >= 11 is 0. The minimum atomic E-state index is 0.167. The van der Waals surface area contributed by atoms with E-state index in [1.807, 2.05) is 0 Å². The van der Waals surface area contributed by atoms with E-state index in [0.717, 1.165) is 0 Å². The summed E-state index contributed by atoms with van der Waals surface area (Å²) in [4.78, 5) is 0. The molecule has 0 saturated heterocycles. The lowest BCUT2D eigenvalue weighted by molar-refractivity contribution is -0.0232. The fourth-order valence-corrected chi connectivity index (χ4v) is 1.81.